The summed E-state index contributed by atoms with van der Waals surface area (Å²) in [6.07, 6.45) is 2.99. The number of hydrogen-bond acceptors (Lipinski definition) is 2. The second-order valence-corrected chi connectivity index (χ2v) is 5.14. The molecule has 2 aromatic carbocycles. The molecular weight excluding hydrogens is 318 g/mol. The van der Waals surface area contributed by atoms with E-state index >= 15 is 0 Å². The molecule has 0 fully saturated rings. The minimum Gasteiger partial charge on any atom is -0.489 e. The zero-order valence-electron chi connectivity index (χ0n) is 10.8. The molecule has 0 atom stereocenters. The van der Waals surface area contributed by atoms with E-state index in [0.717, 1.165) is 21.3 Å². The number of amides is 1. The average molecular weight is 332 g/mol. The van der Waals surface area contributed by atoms with Gasteiger partial charge in [-0.3, -0.25) is 4.79 Å². The van der Waals surface area contributed by atoms with Gasteiger partial charge in [-0.2, -0.15) is 0 Å². The van der Waals surface area contributed by atoms with E-state index in [-0.39, 0.29) is 0 Å². The number of nitrogens with two attached hydrogens (primary N) is 1. The van der Waals surface area contributed by atoms with Gasteiger partial charge in [0.05, 0.1) is 0 Å². The fourth-order valence-corrected chi connectivity index (χ4v) is 2.13. The summed E-state index contributed by atoms with van der Waals surface area (Å²) < 4.78 is 6.75. The highest BCUT2D eigenvalue weighted by molar-refractivity contribution is 9.10. The van der Waals surface area contributed by atoms with E-state index in [1.807, 2.05) is 48.5 Å². The smallest absolute Gasteiger partial charge is 0.241 e. The van der Waals surface area contributed by atoms with Gasteiger partial charge in [-0.1, -0.05) is 40.2 Å². The van der Waals surface area contributed by atoms with Gasteiger partial charge >= 0.3 is 0 Å². The average Bonchev–Trinajstić information content (AvgIpc) is 2.43. The normalized spacial score (nSPS) is 10.7. The van der Waals surface area contributed by atoms with Gasteiger partial charge in [0.1, 0.15) is 12.4 Å². The van der Waals surface area contributed by atoms with Gasteiger partial charge in [0.15, 0.2) is 0 Å². The SMILES string of the molecule is NC(=O)/C=C\c1cccc(OCc2cccc(Br)c2)c1. The van der Waals surface area contributed by atoms with E-state index in [4.69, 9.17) is 10.5 Å². The Hall–Kier alpha value is -2.07. The van der Waals surface area contributed by atoms with Gasteiger partial charge in [-0.05, 0) is 41.5 Å². The third-order valence-corrected chi connectivity index (χ3v) is 3.09. The molecule has 0 radical (unpaired) electrons. The van der Waals surface area contributed by atoms with Crippen molar-refractivity contribution in [1.82, 2.24) is 0 Å². The third-order valence-electron chi connectivity index (χ3n) is 2.59. The fraction of sp³-hybridized carbons (Fsp3) is 0.0625. The van der Waals surface area contributed by atoms with Crippen LogP contribution in [0.25, 0.3) is 6.08 Å². The molecule has 0 spiro atoms. The van der Waals surface area contributed by atoms with Crippen LogP contribution in [0, 0.1) is 0 Å². The molecule has 0 aliphatic carbocycles. The molecule has 0 aliphatic rings. The predicted octanol–water partition coefficient (Wildman–Crippen LogP) is 3.53. The molecule has 4 heteroatoms. The Kier molecular flexibility index (Phi) is 4.96. The molecule has 3 nitrogen and oxygen atoms in total. The molecule has 1 amide bonds. The molecule has 20 heavy (non-hydrogen) atoms. The first kappa shape index (κ1) is 14.3. The van der Waals surface area contributed by atoms with E-state index in [1.165, 1.54) is 6.08 Å². The van der Waals surface area contributed by atoms with Gasteiger partial charge in [-0.25, -0.2) is 0 Å². The molecular formula is C16H14BrNO2. The van der Waals surface area contributed by atoms with Crippen molar-refractivity contribution in [2.75, 3.05) is 0 Å². The van der Waals surface area contributed by atoms with Crippen molar-refractivity contribution in [3.8, 4) is 5.75 Å². The third kappa shape index (κ3) is 4.55. The molecule has 102 valence electrons. The van der Waals surface area contributed by atoms with Crippen LogP contribution in [0.2, 0.25) is 0 Å². The monoisotopic (exact) mass is 331 g/mol. The van der Waals surface area contributed by atoms with Gasteiger partial charge in [-0.15, -0.1) is 0 Å². The fourth-order valence-electron chi connectivity index (χ4n) is 1.68. The Morgan fingerprint density at radius 3 is 2.75 bits per heavy atom. The minimum atomic E-state index is -0.467. The maximum atomic E-state index is 10.7. The summed E-state index contributed by atoms with van der Waals surface area (Å²) in [5.41, 5.74) is 7.02. The maximum Gasteiger partial charge on any atom is 0.241 e. The summed E-state index contributed by atoms with van der Waals surface area (Å²) in [4.78, 5) is 10.7. The Balaban J connectivity index is 2.03. The second-order valence-electron chi connectivity index (χ2n) is 4.23. The first-order valence-corrected chi connectivity index (χ1v) is 6.87. The van der Waals surface area contributed by atoms with Gasteiger partial charge in [0.2, 0.25) is 5.91 Å². The van der Waals surface area contributed by atoms with Gasteiger partial charge in [0.25, 0.3) is 0 Å². The number of carbonyl (C=O) groups excluding carboxylic acids is 1. The van der Waals surface area contributed by atoms with Crippen LogP contribution in [0.15, 0.2) is 59.1 Å². The molecule has 2 rings (SSSR count). The number of ether oxygens (including phenoxy) is 1. The number of hydrogen-bond donors (Lipinski definition) is 1. The van der Waals surface area contributed by atoms with Crippen molar-refractivity contribution < 1.29 is 9.53 Å². The molecule has 0 saturated carbocycles. The molecule has 2 aromatic rings. The van der Waals surface area contributed by atoms with E-state index in [0.29, 0.717) is 6.61 Å². The summed E-state index contributed by atoms with van der Waals surface area (Å²) in [5.74, 6) is 0.280. The highest BCUT2D eigenvalue weighted by Gasteiger charge is 1.98. The molecule has 0 unspecified atom stereocenters. The van der Waals surface area contributed by atoms with Crippen molar-refractivity contribution in [1.29, 1.82) is 0 Å². The van der Waals surface area contributed by atoms with Crippen LogP contribution in [0.1, 0.15) is 11.1 Å². The zero-order valence-corrected chi connectivity index (χ0v) is 12.3. The lowest BCUT2D eigenvalue weighted by molar-refractivity contribution is -0.113. The highest BCUT2D eigenvalue weighted by Crippen LogP contribution is 2.17. The van der Waals surface area contributed by atoms with E-state index in [9.17, 15) is 4.79 Å². The van der Waals surface area contributed by atoms with Crippen molar-refractivity contribution in [3.05, 3.63) is 70.2 Å². The summed E-state index contributed by atoms with van der Waals surface area (Å²) in [6, 6.07) is 15.4. The maximum absolute atomic E-state index is 10.7. The highest BCUT2D eigenvalue weighted by atomic mass is 79.9. The largest absolute Gasteiger partial charge is 0.489 e. The Morgan fingerprint density at radius 2 is 2.00 bits per heavy atom. The first-order chi connectivity index (χ1) is 9.63. The van der Waals surface area contributed by atoms with Crippen LogP contribution in [-0.4, -0.2) is 5.91 Å². The van der Waals surface area contributed by atoms with Crippen LogP contribution in [0.3, 0.4) is 0 Å². The van der Waals surface area contributed by atoms with Gasteiger partial charge in [0, 0.05) is 10.5 Å². The Labute approximate surface area is 126 Å². The molecule has 0 aliphatic heterocycles. The summed E-state index contributed by atoms with van der Waals surface area (Å²) in [7, 11) is 0. The number of rotatable bonds is 5. The number of carbonyl (C=O) groups is 1. The quantitative estimate of drug-likeness (QED) is 0.852. The van der Waals surface area contributed by atoms with Crippen molar-refractivity contribution in [3.63, 3.8) is 0 Å². The van der Waals surface area contributed by atoms with E-state index < -0.39 is 5.91 Å². The molecule has 2 N–H and O–H groups in total. The van der Waals surface area contributed by atoms with Crippen molar-refractivity contribution >= 4 is 27.9 Å². The first-order valence-electron chi connectivity index (χ1n) is 6.08. The Bertz CT molecular complexity index is 638. The van der Waals surface area contributed by atoms with Crippen LogP contribution in [0.4, 0.5) is 0 Å². The van der Waals surface area contributed by atoms with E-state index in [2.05, 4.69) is 15.9 Å². The molecule has 0 heterocycles. The van der Waals surface area contributed by atoms with Crippen LogP contribution >= 0.6 is 15.9 Å². The van der Waals surface area contributed by atoms with Gasteiger partial charge < -0.3 is 10.5 Å². The van der Waals surface area contributed by atoms with Crippen molar-refractivity contribution in [2.24, 2.45) is 5.73 Å². The molecule has 0 aromatic heterocycles. The lowest BCUT2D eigenvalue weighted by atomic mass is 10.2. The number of primary amides is 1. The summed E-state index contributed by atoms with van der Waals surface area (Å²) in [6.45, 7) is 0.489. The number of halogens is 1. The van der Waals surface area contributed by atoms with Crippen LogP contribution in [-0.2, 0) is 11.4 Å². The zero-order chi connectivity index (χ0) is 14.4. The van der Waals surface area contributed by atoms with Crippen molar-refractivity contribution in [2.45, 2.75) is 6.61 Å². The predicted molar refractivity (Wildman–Crippen MR) is 83.1 cm³/mol. The Morgan fingerprint density at radius 1 is 1.20 bits per heavy atom. The lowest BCUT2D eigenvalue weighted by Crippen LogP contribution is -2.05. The second kappa shape index (κ2) is 6.91. The van der Waals surface area contributed by atoms with E-state index in [1.54, 1.807) is 6.08 Å². The van der Waals surface area contributed by atoms with Crippen LogP contribution < -0.4 is 10.5 Å². The topological polar surface area (TPSA) is 52.3 Å². The lowest BCUT2D eigenvalue weighted by Gasteiger charge is -2.07. The summed E-state index contributed by atoms with van der Waals surface area (Å²) in [5, 5.41) is 0. The molecule has 0 saturated heterocycles. The number of benzene rings is 2. The van der Waals surface area contributed by atoms with Crippen LogP contribution in [0.5, 0.6) is 5.75 Å². The summed E-state index contributed by atoms with van der Waals surface area (Å²) >= 11 is 3.43. The minimum absolute atomic E-state index is 0.467. The molecule has 0 bridgehead atoms. The standard InChI is InChI=1S/C16H14BrNO2/c17-14-5-1-4-13(9-14)11-20-15-6-2-3-12(10-15)7-8-16(18)19/h1-10H,11H2,(H2,18,19)/b8-7-.